The summed E-state index contributed by atoms with van der Waals surface area (Å²) in [6, 6.07) is 8.58. The number of pyridine rings is 1. The predicted octanol–water partition coefficient (Wildman–Crippen LogP) is 2.67. The van der Waals surface area contributed by atoms with Crippen LogP contribution in [-0.4, -0.2) is 32.2 Å². The molecule has 1 N–H and O–H groups in total. The highest BCUT2D eigenvalue weighted by Gasteiger charge is 2.18. The van der Waals surface area contributed by atoms with Crippen molar-refractivity contribution in [2.75, 3.05) is 26.6 Å². The number of ether oxygens (including phenoxy) is 3. The van der Waals surface area contributed by atoms with Crippen LogP contribution in [0.15, 0.2) is 30.3 Å². The zero-order valence-electron chi connectivity index (χ0n) is 13.0. The van der Waals surface area contributed by atoms with Crippen molar-refractivity contribution in [2.45, 2.75) is 6.92 Å². The summed E-state index contributed by atoms with van der Waals surface area (Å²) >= 11 is 0. The molecular formula is C16H18N2O4. The lowest BCUT2D eigenvalue weighted by atomic mass is 10.1. The van der Waals surface area contributed by atoms with Crippen molar-refractivity contribution in [1.29, 1.82) is 0 Å². The maximum atomic E-state index is 12.4. The molecule has 0 saturated heterocycles. The van der Waals surface area contributed by atoms with E-state index in [9.17, 15) is 4.79 Å². The molecule has 0 atom stereocenters. The van der Waals surface area contributed by atoms with Crippen LogP contribution in [0.1, 0.15) is 16.1 Å². The number of benzene rings is 1. The van der Waals surface area contributed by atoms with Crippen LogP contribution in [0.5, 0.6) is 17.2 Å². The van der Waals surface area contributed by atoms with Gasteiger partial charge in [0.2, 0.25) is 0 Å². The fourth-order valence-electron chi connectivity index (χ4n) is 2.00. The average molecular weight is 302 g/mol. The van der Waals surface area contributed by atoms with Gasteiger partial charge in [0, 0.05) is 17.8 Å². The Kier molecular flexibility index (Phi) is 4.83. The van der Waals surface area contributed by atoms with Gasteiger partial charge in [-0.05, 0) is 19.1 Å². The third-order valence-corrected chi connectivity index (χ3v) is 3.08. The summed E-state index contributed by atoms with van der Waals surface area (Å²) in [5.74, 6) is 1.47. The molecule has 2 aromatic rings. The number of hydrogen-bond acceptors (Lipinski definition) is 5. The van der Waals surface area contributed by atoms with E-state index in [1.54, 1.807) is 18.2 Å². The van der Waals surface area contributed by atoms with Crippen molar-refractivity contribution in [2.24, 2.45) is 0 Å². The number of nitrogens with one attached hydrogen (secondary N) is 1. The Morgan fingerprint density at radius 2 is 1.64 bits per heavy atom. The number of rotatable bonds is 5. The number of hydrogen-bond donors (Lipinski definition) is 1. The summed E-state index contributed by atoms with van der Waals surface area (Å²) in [7, 11) is 4.52. The van der Waals surface area contributed by atoms with Gasteiger partial charge in [-0.15, -0.1) is 0 Å². The molecular weight excluding hydrogens is 284 g/mol. The molecule has 0 radical (unpaired) electrons. The van der Waals surface area contributed by atoms with Gasteiger partial charge >= 0.3 is 0 Å². The molecule has 0 aliphatic rings. The third-order valence-electron chi connectivity index (χ3n) is 3.08. The summed E-state index contributed by atoms with van der Waals surface area (Å²) in [5, 5.41) is 2.74. The Labute approximate surface area is 129 Å². The Bertz CT molecular complexity index is 686. The number of aromatic nitrogens is 1. The zero-order chi connectivity index (χ0) is 16.1. The Morgan fingerprint density at radius 3 is 2.23 bits per heavy atom. The summed E-state index contributed by atoms with van der Waals surface area (Å²) in [5.41, 5.74) is 1.15. The lowest BCUT2D eigenvalue weighted by Gasteiger charge is -2.14. The van der Waals surface area contributed by atoms with E-state index in [0.717, 1.165) is 5.69 Å². The number of amides is 1. The first-order chi connectivity index (χ1) is 10.6. The second kappa shape index (κ2) is 6.80. The summed E-state index contributed by atoms with van der Waals surface area (Å²) in [6.07, 6.45) is 0. The molecule has 1 aromatic heterocycles. The molecule has 1 amide bonds. The SMILES string of the molecule is COc1cc(OC)c(C(=O)Nc2cccc(C)n2)cc1OC. The maximum absolute atomic E-state index is 12.4. The molecule has 0 fully saturated rings. The van der Waals surface area contributed by atoms with Crippen molar-refractivity contribution < 1.29 is 19.0 Å². The van der Waals surface area contributed by atoms with Crippen molar-refractivity contribution in [3.8, 4) is 17.2 Å². The first-order valence-corrected chi connectivity index (χ1v) is 6.64. The summed E-state index contributed by atoms with van der Waals surface area (Å²) < 4.78 is 15.7. The zero-order valence-corrected chi connectivity index (χ0v) is 13.0. The molecule has 0 aliphatic carbocycles. The van der Waals surface area contributed by atoms with E-state index in [4.69, 9.17) is 14.2 Å². The molecule has 0 aliphatic heterocycles. The fraction of sp³-hybridized carbons (Fsp3) is 0.250. The van der Waals surface area contributed by atoms with E-state index < -0.39 is 0 Å². The van der Waals surface area contributed by atoms with Gasteiger partial charge in [0.05, 0.1) is 26.9 Å². The van der Waals surface area contributed by atoms with Crippen LogP contribution >= 0.6 is 0 Å². The number of carbonyl (C=O) groups is 1. The molecule has 0 saturated carbocycles. The lowest BCUT2D eigenvalue weighted by Crippen LogP contribution is -2.14. The Balaban J connectivity index is 2.36. The smallest absolute Gasteiger partial charge is 0.260 e. The van der Waals surface area contributed by atoms with Gasteiger partial charge < -0.3 is 19.5 Å². The molecule has 116 valence electrons. The van der Waals surface area contributed by atoms with E-state index in [2.05, 4.69) is 10.3 Å². The molecule has 6 heteroatoms. The second-order valence-corrected chi connectivity index (χ2v) is 4.53. The highest BCUT2D eigenvalue weighted by molar-refractivity contribution is 6.06. The average Bonchev–Trinajstić information content (AvgIpc) is 2.53. The maximum Gasteiger partial charge on any atom is 0.260 e. The van der Waals surface area contributed by atoms with Gasteiger partial charge in [0.1, 0.15) is 11.6 Å². The minimum atomic E-state index is -0.337. The van der Waals surface area contributed by atoms with E-state index in [-0.39, 0.29) is 5.91 Å². The lowest BCUT2D eigenvalue weighted by molar-refractivity contribution is 0.102. The third kappa shape index (κ3) is 3.28. The van der Waals surface area contributed by atoms with Crippen molar-refractivity contribution in [3.05, 3.63) is 41.6 Å². The molecule has 1 aromatic carbocycles. The number of anilines is 1. The highest BCUT2D eigenvalue weighted by atomic mass is 16.5. The van der Waals surface area contributed by atoms with E-state index in [1.807, 2.05) is 19.1 Å². The van der Waals surface area contributed by atoms with Gasteiger partial charge in [0.15, 0.2) is 11.5 Å². The van der Waals surface area contributed by atoms with Gasteiger partial charge in [-0.25, -0.2) is 4.98 Å². The van der Waals surface area contributed by atoms with Crippen molar-refractivity contribution >= 4 is 11.7 Å². The fourth-order valence-corrected chi connectivity index (χ4v) is 2.00. The largest absolute Gasteiger partial charge is 0.496 e. The number of aryl methyl sites for hydroxylation is 1. The number of carbonyl (C=O) groups excluding carboxylic acids is 1. The van der Waals surface area contributed by atoms with Crippen LogP contribution in [0.25, 0.3) is 0 Å². The van der Waals surface area contributed by atoms with Crippen LogP contribution in [0, 0.1) is 6.92 Å². The van der Waals surface area contributed by atoms with Crippen LogP contribution in [0.3, 0.4) is 0 Å². The Morgan fingerprint density at radius 1 is 1.00 bits per heavy atom. The predicted molar refractivity (Wildman–Crippen MR) is 83.0 cm³/mol. The monoisotopic (exact) mass is 302 g/mol. The molecule has 22 heavy (non-hydrogen) atoms. The number of methoxy groups -OCH3 is 3. The van der Waals surface area contributed by atoms with Gasteiger partial charge in [-0.1, -0.05) is 6.07 Å². The van der Waals surface area contributed by atoms with E-state index in [0.29, 0.717) is 28.6 Å². The summed E-state index contributed by atoms with van der Waals surface area (Å²) in [6.45, 7) is 1.85. The number of nitrogens with zero attached hydrogens (tertiary/aromatic N) is 1. The van der Waals surface area contributed by atoms with Gasteiger partial charge in [-0.3, -0.25) is 4.79 Å². The van der Waals surface area contributed by atoms with Crippen LogP contribution in [0.4, 0.5) is 5.82 Å². The quantitative estimate of drug-likeness (QED) is 0.919. The Hall–Kier alpha value is -2.76. The second-order valence-electron chi connectivity index (χ2n) is 4.53. The highest BCUT2D eigenvalue weighted by Crippen LogP contribution is 2.34. The first kappa shape index (κ1) is 15.6. The normalized spacial score (nSPS) is 10.0. The van der Waals surface area contributed by atoms with Crippen molar-refractivity contribution in [3.63, 3.8) is 0 Å². The molecule has 6 nitrogen and oxygen atoms in total. The summed E-state index contributed by atoms with van der Waals surface area (Å²) in [4.78, 5) is 16.7. The minimum absolute atomic E-state index is 0.337. The van der Waals surface area contributed by atoms with Crippen LogP contribution in [0.2, 0.25) is 0 Å². The molecule has 0 unspecified atom stereocenters. The van der Waals surface area contributed by atoms with Crippen LogP contribution in [-0.2, 0) is 0 Å². The van der Waals surface area contributed by atoms with Gasteiger partial charge in [0.25, 0.3) is 5.91 Å². The molecule has 0 bridgehead atoms. The van der Waals surface area contributed by atoms with Crippen LogP contribution < -0.4 is 19.5 Å². The topological polar surface area (TPSA) is 69.7 Å². The molecule has 0 spiro atoms. The molecule has 2 rings (SSSR count). The van der Waals surface area contributed by atoms with E-state index >= 15 is 0 Å². The minimum Gasteiger partial charge on any atom is -0.496 e. The first-order valence-electron chi connectivity index (χ1n) is 6.64. The standard InChI is InChI=1S/C16H18N2O4/c1-10-6-5-7-15(17-10)18-16(19)11-8-13(21-3)14(22-4)9-12(11)20-2/h5-9H,1-4H3,(H,17,18,19). The van der Waals surface area contributed by atoms with Crippen molar-refractivity contribution in [1.82, 2.24) is 4.98 Å². The van der Waals surface area contributed by atoms with E-state index in [1.165, 1.54) is 21.3 Å². The molecule has 1 heterocycles. The van der Waals surface area contributed by atoms with Gasteiger partial charge in [-0.2, -0.15) is 0 Å².